The van der Waals surface area contributed by atoms with Crippen LogP contribution in [0.3, 0.4) is 0 Å². The number of hydrogen-bond acceptors (Lipinski definition) is 3. The van der Waals surface area contributed by atoms with Crippen molar-refractivity contribution in [3.05, 3.63) is 37.1 Å². The second-order valence-corrected chi connectivity index (χ2v) is 10.7. The van der Waals surface area contributed by atoms with E-state index >= 15 is 0 Å². The minimum Gasteiger partial charge on any atom is -0.488 e. The van der Waals surface area contributed by atoms with Crippen molar-refractivity contribution in [2.24, 2.45) is 22.7 Å². The van der Waals surface area contributed by atoms with Crippen LogP contribution in [0.25, 0.3) is 0 Å². The summed E-state index contributed by atoms with van der Waals surface area (Å²) in [6, 6.07) is 0. The highest BCUT2D eigenvalue weighted by Crippen LogP contribution is 2.62. The van der Waals surface area contributed by atoms with Gasteiger partial charge in [-0.3, -0.25) is 4.79 Å². The Hall–Kier alpha value is -1.51. The fraction of sp³-hybridized carbons (Fsp3) is 0.741. The Morgan fingerprint density at radius 2 is 1.90 bits per heavy atom. The Morgan fingerprint density at radius 1 is 1.23 bits per heavy atom. The molecular weight excluding hydrogens is 372 g/mol. The molecule has 0 heterocycles. The van der Waals surface area contributed by atoms with Crippen LogP contribution < -0.4 is 0 Å². The lowest BCUT2D eigenvalue weighted by molar-refractivity contribution is -0.173. The van der Waals surface area contributed by atoms with Crippen LogP contribution in [-0.2, 0) is 14.3 Å². The fourth-order valence-corrected chi connectivity index (χ4v) is 6.36. The third-order valence-corrected chi connectivity index (χ3v) is 7.92. The summed E-state index contributed by atoms with van der Waals surface area (Å²) in [5.41, 5.74) is 1.01. The van der Waals surface area contributed by atoms with Gasteiger partial charge in [0, 0.05) is 25.2 Å². The van der Waals surface area contributed by atoms with Gasteiger partial charge in [-0.1, -0.05) is 66.3 Å². The van der Waals surface area contributed by atoms with Crippen molar-refractivity contribution in [2.45, 2.75) is 105 Å². The summed E-state index contributed by atoms with van der Waals surface area (Å²) in [6.45, 7) is 25.7. The summed E-state index contributed by atoms with van der Waals surface area (Å²) in [7, 11) is 0. The number of carbonyl (C=O) groups excluding carboxylic acids is 1. The molecule has 0 aromatic heterocycles. The van der Waals surface area contributed by atoms with Gasteiger partial charge in [-0.05, 0) is 55.4 Å². The van der Waals surface area contributed by atoms with Crippen molar-refractivity contribution in [1.29, 1.82) is 0 Å². The smallest absolute Gasteiger partial charge is 0.305 e. The molecule has 2 aliphatic rings. The molecule has 5 atom stereocenters. The zero-order chi connectivity index (χ0) is 22.7. The Morgan fingerprint density at radius 3 is 2.47 bits per heavy atom. The number of fused-ring (bicyclic) bond motifs is 1. The van der Waals surface area contributed by atoms with Gasteiger partial charge < -0.3 is 9.47 Å². The molecule has 170 valence electrons. The first kappa shape index (κ1) is 24.8. The number of rotatable bonds is 9. The summed E-state index contributed by atoms with van der Waals surface area (Å²) < 4.78 is 12.2. The van der Waals surface area contributed by atoms with Crippen LogP contribution in [0.4, 0.5) is 0 Å². The molecule has 30 heavy (non-hydrogen) atoms. The monoisotopic (exact) mass is 416 g/mol. The van der Waals surface area contributed by atoms with Crippen LogP contribution in [-0.4, -0.2) is 17.7 Å². The van der Waals surface area contributed by atoms with Gasteiger partial charge in [-0.25, -0.2) is 0 Å². The second kappa shape index (κ2) is 9.32. The minimum atomic E-state index is -0.422. The summed E-state index contributed by atoms with van der Waals surface area (Å²) in [4.78, 5) is 12.2. The van der Waals surface area contributed by atoms with Crippen molar-refractivity contribution in [3.8, 4) is 0 Å². The van der Waals surface area contributed by atoms with Crippen LogP contribution in [0.2, 0.25) is 0 Å². The maximum atomic E-state index is 12.2. The molecule has 0 radical (unpaired) electrons. The molecule has 3 heteroatoms. The Kier molecular flexibility index (Phi) is 7.69. The average molecular weight is 417 g/mol. The van der Waals surface area contributed by atoms with E-state index in [1.165, 1.54) is 18.4 Å². The van der Waals surface area contributed by atoms with Crippen molar-refractivity contribution >= 4 is 5.97 Å². The van der Waals surface area contributed by atoms with Crippen LogP contribution in [0, 0.1) is 22.7 Å². The lowest BCUT2D eigenvalue weighted by Gasteiger charge is -2.60. The average Bonchev–Trinajstić information content (AvgIpc) is 2.66. The maximum absolute atomic E-state index is 12.2. The van der Waals surface area contributed by atoms with Crippen LogP contribution in [0.5, 0.6) is 0 Å². The van der Waals surface area contributed by atoms with Gasteiger partial charge in [-0.2, -0.15) is 0 Å². The van der Waals surface area contributed by atoms with Crippen LogP contribution in [0.15, 0.2) is 37.1 Å². The van der Waals surface area contributed by atoms with Gasteiger partial charge in [0.25, 0.3) is 0 Å². The van der Waals surface area contributed by atoms with E-state index in [-0.39, 0.29) is 22.9 Å². The second-order valence-electron chi connectivity index (χ2n) is 10.7. The third-order valence-electron chi connectivity index (χ3n) is 7.92. The highest BCUT2D eigenvalue weighted by molar-refractivity contribution is 5.69. The molecule has 0 spiro atoms. The number of esters is 1. The predicted octanol–water partition coefficient (Wildman–Crippen LogP) is 7.38. The number of carbonyl (C=O) groups is 1. The molecule has 2 aliphatic carbocycles. The van der Waals surface area contributed by atoms with Gasteiger partial charge in [-0.15, -0.1) is 0 Å². The topological polar surface area (TPSA) is 35.5 Å². The summed E-state index contributed by atoms with van der Waals surface area (Å²) in [5.74, 6) is 1.43. The summed E-state index contributed by atoms with van der Waals surface area (Å²) in [5, 5.41) is 0. The van der Waals surface area contributed by atoms with Gasteiger partial charge in [0.05, 0.1) is 5.76 Å². The van der Waals surface area contributed by atoms with E-state index in [1.54, 1.807) is 0 Å². The first-order chi connectivity index (χ1) is 13.9. The van der Waals surface area contributed by atoms with Crippen LogP contribution in [0.1, 0.15) is 92.9 Å². The van der Waals surface area contributed by atoms with Gasteiger partial charge in [0.2, 0.25) is 0 Å². The van der Waals surface area contributed by atoms with E-state index in [9.17, 15) is 4.79 Å². The molecule has 0 aliphatic heterocycles. The highest BCUT2D eigenvalue weighted by Gasteiger charge is 2.57. The van der Waals surface area contributed by atoms with E-state index in [0.717, 1.165) is 37.9 Å². The lowest BCUT2D eigenvalue weighted by atomic mass is 9.46. The highest BCUT2D eigenvalue weighted by atomic mass is 16.5. The zero-order valence-corrected chi connectivity index (χ0v) is 20.3. The van der Waals surface area contributed by atoms with E-state index in [2.05, 4.69) is 54.4 Å². The SMILES string of the molecule is C=C[C@](C)(CC[C@H]1C(=C)C[C@H](OC(=O)CC)[C@H]2C(C)(C)CCC[C@]12C)OC(=C)CC. The van der Waals surface area contributed by atoms with E-state index in [1.807, 2.05) is 13.0 Å². The number of allylic oxidation sites excluding steroid dienone is 1. The van der Waals surface area contributed by atoms with E-state index in [0.29, 0.717) is 18.3 Å². The van der Waals surface area contributed by atoms with E-state index < -0.39 is 5.60 Å². The lowest BCUT2D eigenvalue weighted by Crippen LogP contribution is -2.56. The van der Waals surface area contributed by atoms with Gasteiger partial charge in [0.15, 0.2) is 0 Å². The van der Waals surface area contributed by atoms with Gasteiger partial charge in [0.1, 0.15) is 11.7 Å². The largest absolute Gasteiger partial charge is 0.488 e. The first-order valence-electron chi connectivity index (χ1n) is 11.8. The zero-order valence-electron chi connectivity index (χ0n) is 20.3. The third kappa shape index (κ3) is 5.03. The molecule has 0 saturated heterocycles. The van der Waals surface area contributed by atoms with Crippen molar-refractivity contribution in [1.82, 2.24) is 0 Å². The molecule has 0 amide bonds. The quantitative estimate of drug-likeness (QED) is 0.223. The Bertz CT molecular complexity index is 676. The van der Waals surface area contributed by atoms with E-state index in [4.69, 9.17) is 9.47 Å². The molecule has 2 saturated carbocycles. The van der Waals surface area contributed by atoms with Crippen LogP contribution >= 0.6 is 0 Å². The fourth-order valence-electron chi connectivity index (χ4n) is 6.36. The molecule has 3 nitrogen and oxygen atoms in total. The van der Waals surface area contributed by atoms with Crippen molar-refractivity contribution in [3.63, 3.8) is 0 Å². The molecule has 0 unspecified atom stereocenters. The van der Waals surface area contributed by atoms with Crippen molar-refractivity contribution in [2.75, 3.05) is 0 Å². The number of hydrogen-bond donors (Lipinski definition) is 0. The number of ether oxygens (including phenoxy) is 2. The standard InChI is InChI=1S/C27H44O3/c1-10-20(5)30-26(8,12-3)17-14-21-19(4)18-22(29-23(28)11-2)24-25(6,7)15-13-16-27(21,24)9/h12,21-22,24H,3-5,10-11,13-18H2,1-2,6-9H3/t21-,22-,24-,26+,27+/m0/s1. The molecular formula is C27H44O3. The minimum absolute atomic E-state index is 0.0663. The Labute approximate surface area is 185 Å². The molecule has 2 fully saturated rings. The summed E-state index contributed by atoms with van der Waals surface area (Å²) in [6.07, 6.45) is 9.25. The van der Waals surface area contributed by atoms with Gasteiger partial charge >= 0.3 is 5.97 Å². The maximum Gasteiger partial charge on any atom is 0.305 e. The molecule has 0 bridgehead atoms. The predicted molar refractivity (Wildman–Crippen MR) is 125 cm³/mol. The summed E-state index contributed by atoms with van der Waals surface area (Å²) >= 11 is 0. The normalized spacial score (nSPS) is 32.5. The Balaban J connectivity index is 2.30. The molecule has 0 aromatic rings. The molecule has 2 rings (SSSR count). The molecule has 0 N–H and O–H groups in total. The van der Waals surface area contributed by atoms with Crippen molar-refractivity contribution < 1.29 is 14.3 Å². The first-order valence-corrected chi connectivity index (χ1v) is 11.8. The molecule has 0 aromatic carbocycles.